The molecule has 0 bridgehead atoms. The molecule has 1 aromatic heterocycles. The van der Waals surface area contributed by atoms with Crippen LogP contribution in [0, 0.1) is 0 Å². The van der Waals surface area contributed by atoms with Crippen molar-refractivity contribution >= 4 is 10.8 Å². The number of fused-ring (bicyclic) bond motifs is 5. The van der Waals surface area contributed by atoms with Crippen LogP contribution in [0.5, 0.6) is 0 Å². The third-order valence-electron chi connectivity index (χ3n) is 5.24. The maximum Gasteiger partial charge on any atom is 0.0792 e. The van der Waals surface area contributed by atoms with E-state index in [1.165, 1.54) is 44.2 Å². The van der Waals surface area contributed by atoms with Crippen LogP contribution in [0.3, 0.4) is 0 Å². The van der Waals surface area contributed by atoms with Crippen molar-refractivity contribution in [2.75, 3.05) is 0 Å². The predicted molar refractivity (Wildman–Crippen MR) is 106 cm³/mol. The molecule has 0 aliphatic heterocycles. The Balaban J connectivity index is 2.04. The van der Waals surface area contributed by atoms with Gasteiger partial charge in [0.05, 0.1) is 5.69 Å². The molecule has 25 heavy (non-hydrogen) atoms. The molecule has 1 aliphatic carbocycles. The molecule has 1 nitrogen and oxygen atoms in total. The zero-order valence-corrected chi connectivity index (χ0v) is 14.5. The molecular weight excluding hydrogens is 302 g/mol. The number of pyridine rings is 1. The van der Waals surface area contributed by atoms with Gasteiger partial charge in [-0.25, -0.2) is 0 Å². The van der Waals surface area contributed by atoms with Gasteiger partial charge in [-0.05, 0) is 45.2 Å². The SMILES string of the molecule is CC(C)c1cc2c3c(nccc3c1)-c1ccccc1-c1ccccc1-2. The predicted octanol–water partition coefficient (Wildman–Crippen LogP) is 6.67. The molecule has 4 aromatic rings. The van der Waals surface area contributed by atoms with Crippen molar-refractivity contribution in [3.63, 3.8) is 0 Å². The van der Waals surface area contributed by atoms with E-state index in [4.69, 9.17) is 4.98 Å². The van der Waals surface area contributed by atoms with E-state index >= 15 is 0 Å². The first-order valence-corrected chi connectivity index (χ1v) is 8.86. The van der Waals surface area contributed by atoms with Crippen LogP contribution < -0.4 is 0 Å². The number of rotatable bonds is 1. The number of nitrogens with zero attached hydrogens (tertiary/aromatic N) is 1. The Morgan fingerprint density at radius 2 is 1.28 bits per heavy atom. The maximum atomic E-state index is 4.80. The lowest BCUT2D eigenvalue weighted by Gasteiger charge is -2.14. The summed E-state index contributed by atoms with van der Waals surface area (Å²) in [6.45, 7) is 4.51. The molecule has 0 atom stereocenters. The van der Waals surface area contributed by atoms with Crippen molar-refractivity contribution in [2.24, 2.45) is 0 Å². The summed E-state index contributed by atoms with van der Waals surface area (Å²) in [4.78, 5) is 4.80. The molecule has 1 aliphatic rings. The van der Waals surface area contributed by atoms with E-state index in [0.717, 1.165) is 5.69 Å². The highest BCUT2D eigenvalue weighted by molar-refractivity contribution is 6.12. The summed E-state index contributed by atoms with van der Waals surface area (Å²) in [6, 6.07) is 24.2. The molecule has 0 unspecified atom stereocenters. The first-order valence-electron chi connectivity index (χ1n) is 8.86. The summed E-state index contributed by atoms with van der Waals surface area (Å²) in [7, 11) is 0. The Morgan fingerprint density at radius 1 is 0.680 bits per heavy atom. The molecule has 0 saturated heterocycles. The van der Waals surface area contributed by atoms with Gasteiger partial charge >= 0.3 is 0 Å². The van der Waals surface area contributed by atoms with Gasteiger partial charge in [0.25, 0.3) is 0 Å². The van der Waals surface area contributed by atoms with E-state index in [0.29, 0.717) is 5.92 Å². The van der Waals surface area contributed by atoms with Crippen LogP contribution >= 0.6 is 0 Å². The zero-order chi connectivity index (χ0) is 17.0. The highest BCUT2D eigenvalue weighted by Crippen LogP contribution is 2.47. The largest absolute Gasteiger partial charge is 0.256 e. The second-order valence-electron chi connectivity index (χ2n) is 7.07. The van der Waals surface area contributed by atoms with Crippen LogP contribution in [0.2, 0.25) is 0 Å². The summed E-state index contributed by atoms with van der Waals surface area (Å²) >= 11 is 0. The van der Waals surface area contributed by atoms with Gasteiger partial charge in [0, 0.05) is 17.1 Å². The minimum Gasteiger partial charge on any atom is -0.256 e. The van der Waals surface area contributed by atoms with E-state index < -0.39 is 0 Å². The van der Waals surface area contributed by atoms with Gasteiger partial charge in [0.15, 0.2) is 0 Å². The third-order valence-corrected chi connectivity index (χ3v) is 5.24. The Hall–Kier alpha value is -2.93. The fraction of sp³-hybridized carbons (Fsp3) is 0.125. The summed E-state index contributed by atoms with van der Waals surface area (Å²) < 4.78 is 0. The third kappa shape index (κ3) is 2.05. The van der Waals surface area contributed by atoms with Crippen molar-refractivity contribution < 1.29 is 0 Å². The Kier molecular flexibility index (Phi) is 3.05. The van der Waals surface area contributed by atoms with Gasteiger partial charge in [-0.1, -0.05) is 74.5 Å². The van der Waals surface area contributed by atoms with Crippen LogP contribution in [0.4, 0.5) is 0 Å². The first kappa shape index (κ1) is 14.4. The summed E-state index contributed by atoms with van der Waals surface area (Å²) in [5, 5.41) is 2.54. The molecule has 3 aromatic carbocycles. The number of hydrogen-bond donors (Lipinski definition) is 0. The van der Waals surface area contributed by atoms with Crippen LogP contribution in [0.1, 0.15) is 25.3 Å². The molecular formula is C24H19N. The van der Waals surface area contributed by atoms with Crippen molar-refractivity contribution in [3.8, 4) is 33.5 Å². The highest BCUT2D eigenvalue weighted by Gasteiger charge is 2.22. The Morgan fingerprint density at radius 3 is 1.96 bits per heavy atom. The molecule has 0 saturated carbocycles. The minimum atomic E-state index is 0.495. The highest BCUT2D eigenvalue weighted by atomic mass is 14.7. The van der Waals surface area contributed by atoms with Gasteiger partial charge in [-0.15, -0.1) is 0 Å². The standard InChI is InChI=1S/C24H19N/c1-15(2)17-13-16-11-12-25-24-21-10-6-5-8-19(21)18-7-3-4-9-20(18)22(14-17)23(16)24/h3-15H,1-2H3. The Bertz CT molecular complexity index is 1120. The average molecular weight is 321 g/mol. The quantitative estimate of drug-likeness (QED) is 0.336. The monoisotopic (exact) mass is 321 g/mol. The molecule has 0 N–H and O–H groups in total. The zero-order valence-electron chi connectivity index (χ0n) is 14.5. The van der Waals surface area contributed by atoms with Crippen LogP contribution in [0.15, 0.2) is 72.9 Å². The van der Waals surface area contributed by atoms with Crippen LogP contribution in [0.25, 0.3) is 44.3 Å². The molecule has 1 heterocycles. The fourth-order valence-electron chi connectivity index (χ4n) is 3.97. The van der Waals surface area contributed by atoms with Gasteiger partial charge < -0.3 is 0 Å². The first-order chi connectivity index (χ1) is 12.2. The number of aromatic nitrogens is 1. The second kappa shape index (κ2) is 5.29. The van der Waals surface area contributed by atoms with Crippen molar-refractivity contribution in [1.82, 2.24) is 4.98 Å². The van der Waals surface area contributed by atoms with E-state index in [9.17, 15) is 0 Å². The summed E-state index contributed by atoms with van der Waals surface area (Å²) in [5.41, 5.74) is 8.84. The molecule has 0 amide bonds. The molecule has 5 rings (SSSR count). The van der Waals surface area contributed by atoms with Gasteiger partial charge in [0.2, 0.25) is 0 Å². The molecule has 0 fully saturated rings. The number of hydrogen-bond acceptors (Lipinski definition) is 1. The molecule has 1 heteroatoms. The fourth-order valence-corrected chi connectivity index (χ4v) is 3.97. The molecule has 120 valence electrons. The minimum absolute atomic E-state index is 0.495. The molecule has 0 radical (unpaired) electrons. The normalized spacial score (nSPS) is 12.0. The molecule has 0 spiro atoms. The van der Waals surface area contributed by atoms with Gasteiger partial charge in [-0.3, -0.25) is 4.98 Å². The Labute approximate surface area is 148 Å². The summed E-state index contributed by atoms with van der Waals surface area (Å²) in [5.74, 6) is 0.495. The number of benzene rings is 3. The van der Waals surface area contributed by atoms with E-state index in [1.54, 1.807) is 0 Å². The van der Waals surface area contributed by atoms with Crippen molar-refractivity contribution in [3.05, 3.63) is 78.5 Å². The van der Waals surface area contributed by atoms with Gasteiger partial charge in [-0.2, -0.15) is 0 Å². The van der Waals surface area contributed by atoms with E-state index in [-0.39, 0.29) is 0 Å². The summed E-state index contributed by atoms with van der Waals surface area (Å²) in [6.07, 6.45) is 1.94. The van der Waals surface area contributed by atoms with Crippen molar-refractivity contribution in [2.45, 2.75) is 19.8 Å². The lowest BCUT2D eigenvalue weighted by Crippen LogP contribution is -1.92. The smallest absolute Gasteiger partial charge is 0.0792 e. The van der Waals surface area contributed by atoms with Crippen LogP contribution in [-0.4, -0.2) is 4.98 Å². The topological polar surface area (TPSA) is 12.9 Å². The lowest BCUT2D eigenvalue weighted by molar-refractivity contribution is 0.869. The second-order valence-corrected chi connectivity index (χ2v) is 7.07. The van der Waals surface area contributed by atoms with Crippen molar-refractivity contribution in [1.29, 1.82) is 0 Å². The van der Waals surface area contributed by atoms with Crippen LogP contribution in [-0.2, 0) is 0 Å². The lowest BCUT2D eigenvalue weighted by atomic mass is 9.90. The van der Waals surface area contributed by atoms with E-state index in [2.05, 4.69) is 80.6 Å². The van der Waals surface area contributed by atoms with Gasteiger partial charge in [0.1, 0.15) is 0 Å². The average Bonchev–Trinajstić information content (AvgIpc) is 2.77. The maximum absolute atomic E-state index is 4.80. The van der Waals surface area contributed by atoms with E-state index in [1.807, 2.05) is 6.20 Å².